The summed E-state index contributed by atoms with van der Waals surface area (Å²) in [6, 6.07) is 3.80. The van der Waals surface area contributed by atoms with Gasteiger partial charge in [-0.1, -0.05) is 13.8 Å². The number of hydrogen-bond donors (Lipinski definition) is 1. The van der Waals surface area contributed by atoms with E-state index in [2.05, 4.69) is 35.3 Å². The van der Waals surface area contributed by atoms with Crippen LogP contribution in [0.15, 0.2) is 24.5 Å². The van der Waals surface area contributed by atoms with E-state index in [0.717, 1.165) is 37.3 Å². The van der Waals surface area contributed by atoms with Crippen LogP contribution >= 0.6 is 0 Å². The van der Waals surface area contributed by atoms with Crippen LogP contribution in [-0.2, 0) is 19.4 Å². The van der Waals surface area contributed by atoms with Crippen LogP contribution in [0.4, 0.5) is 4.39 Å². The molecule has 0 bridgehead atoms. The average Bonchev–Trinajstić information content (AvgIpc) is 2.89. The largest absolute Gasteiger partial charge is 0.310 e. The highest BCUT2D eigenvalue weighted by molar-refractivity contribution is 5.21. The fourth-order valence-electron chi connectivity index (χ4n) is 2.54. The molecule has 1 unspecified atom stereocenters. The second-order valence-electron chi connectivity index (χ2n) is 5.01. The van der Waals surface area contributed by atoms with Gasteiger partial charge in [-0.3, -0.25) is 9.67 Å². The lowest BCUT2D eigenvalue weighted by Gasteiger charge is -2.19. The van der Waals surface area contributed by atoms with Crippen molar-refractivity contribution < 1.29 is 4.39 Å². The van der Waals surface area contributed by atoms with E-state index in [0.29, 0.717) is 5.56 Å². The van der Waals surface area contributed by atoms with E-state index < -0.39 is 0 Å². The minimum atomic E-state index is -0.262. The summed E-state index contributed by atoms with van der Waals surface area (Å²) < 4.78 is 16.0. The Morgan fingerprint density at radius 3 is 2.76 bits per heavy atom. The number of aromatic nitrogens is 3. The Morgan fingerprint density at radius 2 is 2.14 bits per heavy atom. The molecule has 5 heteroatoms. The van der Waals surface area contributed by atoms with Crippen molar-refractivity contribution >= 4 is 0 Å². The highest BCUT2D eigenvalue weighted by Crippen LogP contribution is 2.21. The number of pyridine rings is 1. The third-order valence-corrected chi connectivity index (χ3v) is 3.62. The highest BCUT2D eigenvalue weighted by atomic mass is 19.1. The molecule has 4 nitrogen and oxygen atoms in total. The van der Waals surface area contributed by atoms with Gasteiger partial charge in [0.05, 0.1) is 11.9 Å². The van der Waals surface area contributed by atoms with Gasteiger partial charge < -0.3 is 5.32 Å². The molecular weight excluding hydrogens is 267 g/mol. The minimum Gasteiger partial charge on any atom is -0.310 e. The fraction of sp³-hybridized carbons (Fsp3) is 0.500. The third-order valence-electron chi connectivity index (χ3n) is 3.62. The summed E-state index contributed by atoms with van der Waals surface area (Å²) in [4.78, 5) is 3.83. The Morgan fingerprint density at radius 1 is 1.33 bits per heavy atom. The van der Waals surface area contributed by atoms with Crippen molar-refractivity contribution in [3.8, 4) is 0 Å². The van der Waals surface area contributed by atoms with E-state index in [1.807, 2.05) is 11.6 Å². The summed E-state index contributed by atoms with van der Waals surface area (Å²) >= 11 is 0. The summed E-state index contributed by atoms with van der Waals surface area (Å²) in [5.74, 6) is -0.262. The number of aryl methyl sites for hydroxylation is 2. The Balaban J connectivity index is 2.28. The van der Waals surface area contributed by atoms with Crippen LogP contribution in [-0.4, -0.2) is 21.3 Å². The minimum absolute atomic E-state index is 0.0651. The predicted octanol–water partition coefficient (Wildman–Crippen LogP) is 2.89. The molecule has 0 amide bonds. The van der Waals surface area contributed by atoms with Gasteiger partial charge in [0.25, 0.3) is 0 Å². The molecule has 2 aromatic rings. The number of nitrogens with zero attached hydrogens (tertiary/aromatic N) is 3. The zero-order valence-electron chi connectivity index (χ0n) is 12.9. The van der Waals surface area contributed by atoms with E-state index in [-0.39, 0.29) is 11.9 Å². The van der Waals surface area contributed by atoms with E-state index in [4.69, 9.17) is 0 Å². The molecule has 0 radical (unpaired) electrons. The maximum Gasteiger partial charge on any atom is 0.146 e. The molecule has 1 atom stereocenters. The van der Waals surface area contributed by atoms with E-state index in [9.17, 15) is 4.39 Å². The first-order valence-corrected chi connectivity index (χ1v) is 7.57. The van der Waals surface area contributed by atoms with E-state index in [1.54, 1.807) is 12.3 Å². The molecule has 2 heterocycles. The van der Waals surface area contributed by atoms with Crippen molar-refractivity contribution in [3.63, 3.8) is 0 Å². The van der Waals surface area contributed by atoms with Gasteiger partial charge in [-0.05, 0) is 32.0 Å². The van der Waals surface area contributed by atoms with Crippen molar-refractivity contribution in [3.05, 3.63) is 47.3 Å². The van der Waals surface area contributed by atoms with Crippen LogP contribution in [0.25, 0.3) is 0 Å². The summed E-state index contributed by atoms with van der Waals surface area (Å²) in [5.41, 5.74) is 2.88. The van der Waals surface area contributed by atoms with Crippen molar-refractivity contribution in [1.29, 1.82) is 0 Å². The molecule has 2 aromatic heterocycles. The standard InChI is InChI=1S/C16H23FN4/c1-4-12-9-13(21(6-3)20-12)10-16(19-5-2)14-7-8-18-11-15(14)17/h7-9,11,16,19H,4-6,10H2,1-3H3. The molecule has 0 saturated carbocycles. The lowest BCUT2D eigenvalue weighted by Crippen LogP contribution is -2.25. The molecule has 0 aliphatic carbocycles. The van der Waals surface area contributed by atoms with Crippen LogP contribution in [0.2, 0.25) is 0 Å². The van der Waals surface area contributed by atoms with Gasteiger partial charge in [0.15, 0.2) is 0 Å². The van der Waals surface area contributed by atoms with Crippen molar-refractivity contribution in [2.45, 2.75) is 46.2 Å². The third kappa shape index (κ3) is 3.67. The molecule has 1 N–H and O–H groups in total. The summed E-state index contributed by atoms with van der Waals surface area (Å²) in [6.45, 7) is 7.81. The second kappa shape index (κ2) is 7.31. The van der Waals surface area contributed by atoms with Crippen LogP contribution < -0.4 is 5.32 Å². The van der Waals surface area contributed by atoms with Crippen LogP contribution in [0.3, 0.4) is 0 Å². The molecule has 0 aliphatic heterocycles. The number of rotatable bonds is 7. The van der Waals surface area contributed by atoms with Gasteiger partial charge in [-0.25, -0.2) is 4.39 Å². The molecule has 0 aliphatic rings. The number of hydrogen-bond acceptors (Lipinski definition) is 3. The number of nitrogens with one attached hydrogen (secondary N) is 1. The molecular formula is C16H23FN4. The average molecular weight is 290 g/mol. The van der Waals surface area contributed by atoms with Crippen molar-refractivity contribution in [2.75, 3.05) is 6.54 Å². The molecule has 0 spiro atoms. The maximum atomic E-state index is 14.0. The predicted molar refractivity (Wildman–Crippen MR) is 81.6 cm³/mol. The topological polar surface area (TPSA) is 42.7 Å². The normalized spacial score (nSPS) is 12.6. The SMILES string of the molecule is CCNC(Cc1cc(CC)nn1CC)c1ccncc1F. The van der Waals surface area contributed by atoms with Gasteiger partial charge in [-0.15, -0.1) is 0 Å². The number of likely N-dealkylation sites (N-methyl/N-ethyl adjacent to an activating group) is 1. The lowest BCUT2D eigenvalue weighted by atomic mass is 10.0. The zero-order chi connectivity index (χ0) is 15.2. The second-order valence-corrected chi connectivity index (χ2v) is 5.01. The maximum absolute atomic E-state index is 14.0. The Kier molecular flexibility index (Phi) is 5.44. The van der Waals surface area contributed by atoms with Gasteiger partial charge in [-0.2, -0.15) is 5.10 Å². The fourth-order valence-corrected chi connectivity index (χ4v) is 2.54. The molecule has 2 rings (SSSR count). The highest BCUT2D eigenvalue weighted by Gasteiger charge is 2.18. The van der Waals surface area contributed by atoms with Crippen molar-refractivity contribution in [1.82, 2.24) is 20.1 Å². The van der Waals surface area contributed by atoms with Gasteiger partial charge in [0.1, 0.15) is 5.82 Å². The molecule has 21 heavy (non-hydrogen) atoms. The van der Waals surface area contributed by atoms with Gasteiger partial charge >= 0.3 is 0 Å². The van der Waals surface area contributed by atoms with Crippen LogP contribution in [0, 0.1) is 5.82 Å². The van der Waals surface area contributed by atoms with Crippen LogP contribution in [0.5, 0.6) is 0 Å². The van der Waals surface area contributed by atoms with E-state index in [1.165, 1.54) is 6.20 Å². The zero-order valence-corrected chi connectivity index (χ0v) is 12.9. The van der Waals surface area contributed by atoms with Crippen molar-refractivity contribution in [2.24, 2.45) is 0 Å². The first-order chi connectivity index (χ1) is 10.2. The van der Waals surface area contributed by atoms with Crippen LogP contribution in [0.1, 0.15) is 43.8 Å². The summed E-state index contributed by atoms with van der Waals surface area (Å²) in [7, 11) is 0. The Hall–Kier alpha value is -1.75. The molecule has 0 aromatic carbocycles. The lowest BCUT2D eigenvalue weighted by molar-refractivity contribution is 0.488. The summed E-state index contributed by atoms with van der Waals surface area (Å²) in [6.07, 6.45) is 4.54. The first kappa shape index (κ1) is 15.6. The Bertz CT molecular complexity index is 579. The first-order valence-electron chi connectivity index (χ1n) is 7.57. The quantitative estimate of drug-likeness (QED) is 0.852. The summed E-state index contributed by atoms with van der Waals surface area (Å²) in [5, 5.41) is 7.92. The number of halogens is 1. The smallest absolute Gasteiger partial charge is 0.146 e. The molecule has 0 fully saturated rings. The van der Waals surface area contributed by atoms with Gasteiger partial charge in [0.2, 0.25) is 0 Å². The molecule has 114 valence electrons. The molecule has 0 saturated heterocycles. The monoisotopic (exact) mass is 290 g/mol. The van der Waals surface area contributed by atoms with E-state index >= 15 is 0 Å². The van der Waals surface area contributed by atoms with Gasteiger partial charge in [0, 0.05) is 36.5 Å². The Labute approximate surface area is 125 Å².